The number of nitrogens with zero attached hydrogens (tertiary/aromatic N) is 1. The monoisotopic (exact) mass is 525 g/mol. The zero-order valence-corrected chi connectivity index (χ0v) is 20.8. The predicted molar refractivity (Wildman–Crippen MR) is 128 cm³/mol. The van der Waals surface area contributed by atoms with Crippen LogP contribution in [0.3, 0.4) is 0 Å². The molecule has 0 aromatic heterocycles. The highest BCUT2D eigenvalue weighted by Gasteiger charge is 2.32. The third-order valence-corrected chi connectivity index (χ3v) is 8.04. The molecular formula is C25H30F3N3O4S. The average Bonchev–Trinajstić information content (AvgIpc) is 3.20. The second kappa shape index (κ2) is 10.9. The van der Waals surface area contributed by atoms with E-state index in [9.17, 15) is 26.4 Å². The lowest BCUT2D eigenvalue weighted by Crippen LogP contribution is -2.38. The van der Waals surface area contributed by atoms with Crippen molar-refractivity contribution in [2.45, 2.75) is 55.9 Å². The Labute approximate surface area is 209 Å². The predicted octanol–water partition coefficient (Wildman–Crippen LogP) is 3.40. The van der Waals surface area contributed by atoms with Gasteiger partial charge >= 0.3 is 6.18 Å². The summed E-state index contributed by atoms with van der Waals surface area (Å²) in [6.07, 6.45) is -3.20. The van der Waals surface area contributed by atoms with Gasteiger partial charge in [-0.15, -0.1) is 0 Å². The van der Waals surface area contributed by atoms with Crippen molar-refractivity contribution in [3.05, 3.63) is 64.7 Å². The van der Waals surface area contributed by atoms with Gasteiger partial charge in [-0.2, -0.15) is 13.2 Å². The number of morpholine rings is 1. The first kappa shape index (κ1) is 26.6. The zero-order chi connectivity index (χ0) is 25.9. The number of fused-ring (bicyclic) bond motifs is 1. The maximum Gasteiger partial charge on any atom is 0.416 e. The SMILES string of the molecule is C[C@@H](CC(=O)N[C@@H]1CCc2cc(CN3CCOCC3)ccc21)NS(=O)(=O)c1cccc(C(F)(F)F)c1. The molecule has 2 N–H and O–H groups in total. The highest BCUT2D eigenvalue weighted by molar-refractivity contribution is 7.89. The molecule has 1 aliphatic heterocycles. The molecule has 4 rings (SSSR count). The molecule has 0 spiro atoms. The Bertz CT molecular complexity index is 1200. The minimum absolute atomic E-state index is 0.140. The zero-order valence-electron chi connectivity index (χ0n) is 20.0. The second-order valence-corrected chi connectivity index (χ2v) is 11.0. The van der Waals surface area contributed by atoms with Gasteiger partial charge in [-0.3, -0.25) is 9.69 Å². The van der Waals surface area contributed by atoms with Gasteiger partial charge in [-0.05, 0) is 54.7 Å². The fourth-order valence-corrected chi connectivity index (χ4v) is 5.97. The van der Waals surface area contributed by atoms with Crippen LogP contribution in [-0.2, 0) is 38.7 Å². The molecule has 0 saturated carbocycles. The normalized spacial score (nSPS) is 19.6. The number of benzene rings is 2. The number of alkyl halides is 3. The first-order valence-electron chi connectivity index (χ1n) is 11.9. The lowest BCUT2D eigenvalue weighted by molar-refractivity contribution is -0.137. The summed E-state index contributed by atoms with van der Waals surface area (Å²) in [5.41, 5.74) is 2.43. The van der Waals surface area contributed by atoms with Crippen LogP contribution in [0.25, 0.3) is 0 Å². The van der Waals surface area contributed by atoms with Crippen LogP contribution in [-0.4, -0.2) is 51.6 Å². The molecule has 36 heavy (non-hydrogen) atoms. The minimum Gasteiger partial charge on any atom is -0.379 e. The quantitative estimate of drug-likeness (QED) is 0.552. The molecule has 1 saturated heterocycles. The standard InChI is InChI=1S/C25H30F3N3O4S/c1-17(30-36(33,34)21-4-2-3-20(15-21)25(26,27)28)13-24(32)29-23-8-6-19-14-18(5-7-22(19)23)16-31-9-11-35-12-10-31/h2-5,7,14-15,17,23,30H,6,8-13,16H2,1H3,(H,29,32)/t17-,23+/m0/s1. The van der Waals surface area contributed by atoms with E-state index in [1.807, 2.05) is 6.07 Å². The van der Waals surface area contributed by atoms with Crippen molar-refractivity contribution in [1.29, 1.82) is 0 Å². The molecule has 7 nitrogen and oxygen atoms in total. The average molecular weight is 526 g/mol. The number of sulfonamides is 1. The third-order valence-electron chi connectivity index (χ3n) is 6.45. The first-order chi connectivity index (χ1) is 17.0. The fraction of sp³-hybridized carbons (Fsp3) is 0.480. The summed E-state index contributed by atoms with van der Waals surface area (Å²) >= 11 is 0. The number of hydrogen-bond acceptors (Lipinski definition) is 5. The van der Waals surface area contributed by atoms with Crippen LogP contribution in [0.1, 0.15) is 48.1 Å². The summed E-state index contributed by atoms with van der Waals surface area (Å²) in [5, 5.41) is 2.97. The van der Waals surface area contributed by atoms with E-state index in [0.717, 1.165) is 69.5 Å². The van der Waals surface area contributed by atoms with Gasteiger partial charge in [0, 0.05) is 32.1 Å². The lowest BCUT2D eigenvalue weighted by Gasteiger charge is -2.26. The Morgan fingerprint density at radius 2 is 1.92 bits per heavy atom. The van der Waals surface area contributed by atoms with E-state index in [4.69, 9.17) is 4.74 Å². The van der Waals surface area contributed by atoms with Crippen molar-refractivity contribution >= 4 is 15.9 Å². The van der Waals surface area contributed by atoms with Crippen LogP contribution >= 0.6 is 0 Å². The van der Waals surface area contributed by atoms with Gasteiger partial charge in [-0.25, -0.2) is 13.1 Å². The van der Waals surface area contributed by atoms with E-state index in [0.29, 0.717) is 6.07 Å². The largest absolute Gasteiger partial charge is 0.416 e. The fourth-order valence-electron chi connectivity index (χ4n) is 4.68. The molecule has 2 aromatic rings. The maximum absolute atomic E-state index is 12.9. The lowest BCUT2D eigenvalue weighted by atomic mass is 10.0. The summed E-state index contributed by atoms with van der Waals surface area (Å²) in [5.74, 6) is -0.329. The molecule has 2 aliphatic rings. The molecular weight excluding hydrogens is 495 g/mol. The highest BCUT2D eigenvalue weighted by atomic mass is 32.2. The molecule has 196 valence electrons. The molecule has 1 fully saturated rings. The molecule has 1 heterocycles. The van der Waals surface area contributed by atoms with E-state index in [1.54, 1.807) is 0 Å². The van der Waals surface area contributed by atoms with Crippen LogP contribution in [0, 0.1) is 0 Å². The van der Waals surface area contributed by atoms with Gasteiger partial charge < -0.3 is 10.1 Å². The third kappa shape index (κ3) is 6.64. The second-order valence-electron chi connectivity index (χ2n) is 9.33. The van der Waals surface area contributed by atoms with Gasteiger partial charge in [0.25, 0.3) is 0 Å². The van der Waals surface area contributed by atoms with E-state index in [1.165, 1.54) is 18.1 Å². The number of ether oxygens (including phenoxy) is 1. The van der Waals surface area contributed by atoms with E-state index in [-0.39, 0.29) is 18.4 Å². The van der Waals surface area contributed by atoms with Crippen LogP contribution < -0.4 is 10.0 Å². The molecule has 0 radical (unpaired) electrons. The first-order valence-corrected chi connectivity index (χ1v) is 13.4. The summed E-state index contributed by atoms with van der Waals surface area (Å²) in [7, 11) is -4.22. The van der Waals surface area contributed by atoms with Crippen molar-refractivity contribution in [3.8, 4) is 0 Å². The highest BCUT2D eigenvalue weighted by Crippen LogP contribution is 2.33. The molecule has 1 amide bonds. The number of aryl methyl sites for hydroxylation is 1. The Morgan fingerprint density at radius 3 is 2.64 bits per heavy atom. The Kier molecular flexibility index (Phi) is 8.03. The summed E-state index contributed by atoms with van der Waals surface area (Å²) in [6, 6.07) is 8.86. The van der Waals surface area contributed by atoms with E-state index in [2.05, 4.69) is 27.1 Å². The smallest absolute Gasteiger partial charge is 0.379 e. The van der Waals surface area contributed by atoms with Crippen LogP contribution in [0.2, 0.25) is 0 Å². The number of carbonyl (C=O) groups is 1. The number of carbonyl (C=O) groups excluding carboxylic acids is 1. The molecule has 2 atom stereocenters. The van der Waals surface area contributed by atoms with Crippen molar-refractivity contribution in [2.24, 2.45) is 0 Å². The number of hydrogen-bond donors (Lipinski definition) is 2. The number of amides is 1. The molecule has 2 aromatic carbocycles. The maximum atomic E-state index is 12.9. The summed E-state index contributed by atoms with van der Waals surface area (Å²) < 4.78 is 71.7. The van der Waals surface area contributed by atoms with Crippen molar-refractivity contribution in [2.75, 3.05) is 26.3 Å². The Hall–Kier alpha value is -2.47. The van der Waals surface area contributed by atoms with Gasteiger partial charge in [0.1, 0.15) is 0 Å². The Morgan fingerprint density at radius 1 is 1.17 bits per heavy atom. The van der Waals surface area contributed by atoms with Crippen LogP contribution in [0.5, 0.6) is 0 Å². The van der Waals surface area contributed by atoms with Gasteiger partial charge in [-0.1, -0.05) is 24.3 Å². The van der Waals surface area contributed by atoms with Crippen molar-refractivity contribution in [1.82, 2.24) is 14.9 Å². The van der Waals surface area contributed by atoms with E-state index < -0.39 is 32.7 Å². The molecule has 11 heteroatoms. The van der Waals surface area contributed by atoms with Gasteiger partial charge in [0.2, 0.25) is 15.9 Å². The van der Waals surface area contributed by atoms with Crippen molar-refractivity contribution in [3.63, 3.8) is 0 Å². The van der Waals surface area contributed by atoms with Crippen LogP contribution in [0.4, 0.5) is 13.2 Å². The van der Waals surface area contributed by atoms with E-state index >= 15 is 0 Å². The van der Waals surface area contributed by atoms with Crippen LogP contribution in [0.15, 0.2) is 47.4 Å². The topological polar surface area (TPSA) is 87.7 Å². The minimum atomic E-state index is -4.65. The number of nitrogens with one attached hydrogen (secondary N) is 2. The van der Waals surface area contributed by atoms with Crippen molar-refractivity contribution < 1.29 is 31.1 Å². The number of rotatable bonds is 8. The molecule has 0 bridgehead atoms. The Balaban J connectivity index is 1.32. The summed E-state index contributed by atoms with van der Waals surface area (Å²) in [4.78, 5) is 14.5. The number of halogens is 3. The summed E-state index contributed by atoms with van der Waals surface area (Å²) in [6.45, 7) is 5.67. The van der Waals surface area contributed by atoms with Gasteiger partial charge in [0.15, 0.2) is 0 Å². The molecule has 1 aliphatic carbocycles. The van der Waals surface area contributed by atoms with Gasteiger partial charge in [0.05, 0.1) is 29.7 Å². The molecule has 0 unspecified atom stereocenters.